The Hall–Kier alpha value is -2.91. The number of likely N-dealkylation sites (tertiary alicyclic amines) is 1. The summed E-state index contributed by atoms with van der Waals surface area (Å²) >= 11 is 5.92. The van der Waals surface area contributed by atoms with Gasteiger partial charge in [-0.25, -0.2) is 8.42 Å². The molecule has 0 bridgehead atoms. The number of benzene rings is 2. The zero-order valence-electron chi connectivity index (χ0n) is 16.8. The maximum atomic E-state index is 13.0. The largest absolute Gasteiger partial charge is 0.339 e. The molecule has 10 heteroatoms. The zero-order valence-corrected chi connectivity index (χ0v) is 18.4. The molecule has 2 aromatic carbocycles. The number of sulfonamides is 1. The van der Waals surface area contributed by atoms with Gasteiger partial charge in [0.2, 0.25) is 5.89 Å². The first kappa shape index (κ1) is 21.3. The van der Waals surface area contributed by atoms with Crippen LogP contribution in [0.25, 0.3) is 0 Å². The van der Waals surface area contributed by atoms with Crippen LogP contribution in [0, 0.1) is 6.92 Å². The Morgan fingerprint density at radius 1 is 1.16 bits per heavy atom. The van der Waals surface area contributed by atoms with Crippen LogP contribution in [0.1, 0.15) is 40.8 Å². The van der Waals surface area contributed by atoms with Crippen molar-refractivity contribution in [2.24, 2.45) is 0 Å². The van der Waals surface area contributed by atoms with Crippen LogP contribution in [-0.2, 0) is 10.0 Å². The number of carbonyl (C=O) groups is 1. The minimum Gasteiger partial charge on any atom is -0.339 e. The molecule has 1 fully saturated rings. The number of carbonyl (C=O) groups excluding carboxylic acids is 1. The van der Waals surface area contributed by atoms with Crippen molar-refractivity contribution in [2.45, 2.75) is 30.6 Å². The number of rotatable bonds is 5. The third-order valence-electron chi connectivity index (χ3n) is 5.14. The fraction of sp³-hybridized carbons (Fsp3) is 0.286. The number of aromatic nitrogens is 2. The summed E-state index contributed by atoms with van der Waals surface area (Å²) in [4.78, 5) is 19.0. The van der Waals surface area contributed by atoms with E-state index >= 15 is 0 Å². The van der Waals surface area contributed by atoms with Crippen LogP contribution in [0.4, 0.5) is 5.69 Å². The van der Waals surface area contributed by atoms with Gasteiger partial charge in [-0.2, -0.15) is 4.98 Å². The summed E-state index contributed by atoms with van der Waals surface area (Å²) in [6.07, 6.45) is 1.42. The van der Waals surface area contributed by atoms with E-state index in [9.17, 15) is 13.2 Å². The highest BCUT2D eigenvalue weighted by molar-refractivity contribution is 7.92. The van der Waals surface area contributed by atoms with Crippen LogP contribution in [0.15, 0.2) is 57.9 Å². The second-order valence-corrected chi connectivity index (χ2v) is 9.51. The molecule has 2 heterocycles. The van der Waals surface area contributed by atoms with Gasteiger partial charge in [-0.1, -0.05) is 28.9 Å². The monoisotopic (exact) mass is 460 g/mol. The molecule has 1 saturated heterocycles. The Balaban J connectivity index is 1.46. The van der Waals surface area contributed by atoms with Gasteiger partial charge in [-0.15, -0.1) is 0 Å². The van der Waals surface area contributed by atoms with E-state index in [0.717, 1.165) is 0 Å². The van der Waals surface area contributed by atoms with Gasteiger partial charge in [0.05, 0.1) is 10.6 Å². The number of amides is 1. The highest BCUT2D eigenvalue weighted by atomic mass is 35.5. The molecule has 1 N–H and O–H groups in total. The molecule has 3 aromatic rings. The quantitative estimate of drug-likeness (QED) is 0.619. The predicted octanol–water partition coefficient (Wildman–Crippen LogP) is 3.85. The molecule has 0 saturated carbocycles. The van der Waals surface area contributed by atoms with Crippen molar-refractivity contribution in [1.82, 2.24) is 15.0 Å². The van der Waals surface area contributed by atoms with Crippen molar-refractivity contribution in [3.63, 3.8) is 0 Å². The average Bonchev–Trinajstić information content (AvgIpc) is 3.19. The Kier molecular flexibility index (Phi) is 5.97. The Morgan fingerprint density at radius 2 is 1.90 bits per heavy atom. The standard InChI is InChI=1S/C21H21ClN4O4S/c1-14-23-20(30-24-14)15-8-10-26(11-9-15)21(27)16-4-2-7-19(12-16)31(28,29)25-18-6-3-5-17(22)13-18/h2-7,12-13,15,25H,8-11H2,1H3. The van der Waals surface area contributed by atoms with Gasteiger partial charge in [-0.3, -0.25) is 9.52 Å². The summed E-state index contributed by atoms with van der Waals surface area (Å²) in [5.74, 6) is 1.11. The predicted molar refractivity (Wildman–Crippen MR) is 116 cm³/mol. The van der Waals surface area contributed by atoms with Crippen LogP contribution in [-0.4, -0.2) is 42.5 Å². The fourth-order valence-corrected chi connectivity index (χ4v) is 4.84. The highest BCUT2D eigenvalue weighted by Gasteiger charge is 2.28. The van der Waals surface area contributed by atoms with E-state index < -0.39 is 10.0 Å². The minimum absolute atomic E-state index is 0.00884. The van der Waals surface area contributed by atoms with Crippen molar-refractivity contribution in [3.8, 4) is 0 Å². The van der Waals surface area contributed by atoms with Crippen molar-refractivity contribution < 1.29 is 17.7 Å². The summed E-state index contributed by atoms with van der Waals surface area (Å²) in [6.45, 7) is 2.83. The van der Waals surface area contributed by atoms with E-state index in [0.29, 0.717) is 53.9 Å². The van der Waals surface area contributed by atoms with Crippen molar-refractivity contribution in [2.75, 3.05) is 17.8 Å². The van der Waals surface area contributed by atoms with E-state index in [2.05, 4.69) is 14.9 Å². The first-order valence-electron chi connectivity index (χ1n) is 9.80. The lowest BCUT2D eigenvalue weighted by molar-refractivity contribution is 0.0704. The second-order valence-electron chi connectivity index (χ2n) is 7.39. The highest BCUT2D eigenvalue weighted by Crippen LogP contribution is 2.28. The van der Waals surface area contributed by atoms with Crippen LogP contribution in [0.5, 0.6) is 0 Å². The molecule has 0 atom stereocenters. The summed E-state index contributed by atoms with van der Waals surface area (Å²) in [6, 6.07) is 12.5. The molecule has 1 aliphatic heterocycles. The molecule has 0 radical (unpaired) electrons. The average molecular weight is 461 g/mol. The van der Waals surface area contributed by atoms with E-state index in [1.165, 1.54) is 18.2 Å². The number of hydrogen-bond donors (Lipinski definition) is 1. The number of nitrogens with one attached hydrogen (secondary N) is 1. The molecule has 1 aromatic heterocycles. The van der Waals surface area contributed by atoms with E-state index in [1.807, 2.05) is 0 Å². The molecule has 1 amide bonds. The first-order valence-corrected chi connectivity index (χ1v) is 11.7. The molecular formula is C21H21ClN4O4S. The molecule has 8 nitrogen and oxygen atoms in total. The van der Waals surface area contributed by atoms with E-state index in [4.69, 9.17) is 16.1 Å². The lowest BCUT2D eigenvalue weighted by Crippen LogP contribution is -2.38. The molecule has 4 rings (SSSR count). The molecule has 0 aliphatic carbocycles. The summed E-state index contributed by atoms with van der Waals surface area (Å²) in [5.41, 5.74) is 0.670. The normalized spacial score (nSPS) is 15.1. The number of nitrogens with zero attached hydrogens (tertiary/aromatic N) is 3. The van der Waals surface area contributed by atoms with Gasteiger partial charge >= 0.3 is 0 Å². The van der Waals surface area contributed by atoms with Gasteiger partial charge in [0.15, 0.2) is 5.82 Å². The van der Waals surface area contributed by atoms with Gasteiger partial charge in [0, 0.05) is 29.6 Å². The SMILES string of the molecule is Cc1noc(C2CCN(C(=O)c3cccc(S(=O)(=O)Nc4cccc(Cl)c4)c3)CC2)n1. The third-order valence-corrected chi connectivity index (χ3v) is 6.76. The topological polar surface area (TPSA) is 105 Å². The molecule has 1 aliphatic rings. The molecule has 31 heavy (non-hydrogen) atoms. The number of aryl methyl sites for hydroxylation is 1. The number of halogens is 1. The molecular weight excluding hydrogens is 440 g/mol. The van der Waals surface area contributed by atoms with Crippen LogP contribution in [0.3, 0.4) is 0 Å². The lowest BCUT2D eigenvalue weighted by Gasteiger charge is -2.30. The summed E-state index contributed by atoms with van der Waals surface area (Å²) in [5, 5.41) is 4.24. The van der Waals surface area contributed by atoms with E-state index in [-0.39, 0.29) is 16.7 Å². The first-order chi connectivity index (χ1) is 14.8. The maximum Gasteiger partial charge on any atom is 0.261 e. The van der Waals surface area contributed by atoms with E-state index in [1.54, 1.807) is 42.2 Å². The maximum absolute atomic E-state index is 13.0. The number of hydrogen-bond acceptors (Lipinski definition) is 6. The molecule has 162 valence electrons. The van der Waals surface area contributed by atoms with Crippen molar-refractivity contribution in [3.05, 3.63) is 70.8 Å². The minimum atomic E-state index is -3.87. The zero-order chi connectivity index (χ0) is 22.0. The van der Waals surface area contributed by atoms with Crippen molar-refractivity contribution >= 4 is 33.2 Å². The Morgan fingerprint density at radius 3 is 2.58 bits per heavy atom. The summed E-state index contributed by atoms with van der Waals surface area (Å²) in [7, 11) is -3.87. The van der Waals surface area contributed by atoms with Gasteiger partial charge in [0.1, 0.15) is 0 Å². The van der Waals surface area contributed by atoms with Gasteiger partial charge < -0.3 is 9.42 Å². The third kappa shape index (κ3) is 4.88. The van der Waals surface area contributed by atoms with Gasteiger partial charge in [0.25, 0.3) is 15.9 Å². The second kappa shape index (κ2) is 8.68. The smallest absolute Gasteiger partial charge is 0.261 e. The van der Waals surface area contributed by atoms with Crippen LogP contribution < -0.4 is 4.72 Å². The number of piperidine rings is 1. The van der Waals surface area contributed by atoms with Crippen LogP contribution in [0.2, 0.25) is 5.02 Å². The summed E-state index contributed by atoms with van der Waals surface area (Å²) < 4.78 is 33.3. The van der Waals surface area contributed by atoms with Crippen LogP contribution >= 0.6 is 11.6 Å². The Bertz CT molecular complexity index is 1200. The fourth-order valence-electron chi connectivity index (χ4n) is 3.55. The lowest BCUT2D eigenvalue weighted by atomic mass is 9.96. The van der Waals surface area contributed by atoms with Crippen molar-refractivity contribution in [1.29, 1.82) is 0 Å². The molecule has 0 unspecified atom stereocenters. The molecule has 0 spiro atoms. The number of anilines is 1. The Labute approximate surface area is 185 Å². The van der Waals surface area contributed by atoms with Gasteiger partial charge in [-0.05, 0) is 56.2 Å².